The van der Waals surface area contributed by atoms with Crippen LogP contribution in [0.5, 0.6) is 0 Å². The standard InChI is InChI=1S/C38H75NO5/c1-3-5-7-9-11-13-15-17-19-21-23-25-27-29-37(41)43-35-32-39(31-34-40)33-36-44-38(42)30-28-26-24-22-20-18-16-14-12-10-8-6-4-2/h40H,3-36H2,1-2H3. The lowest BCUT2D eigenvalue weighted by Gasteiger charge is -2.20. The van der Waals surface area contributed by atoms with E-state index in [9.17, 15) is 14.7 Å². The number of esters is 2. The lowest BCUT2D eigenvalue weighted by Crippen LogP contribution is -2.34. The van der Waals surface area contributed by atoms with E-state index in [0.717, 1.165) is 25.7 Å². The Morgan fingerprint density at radius 1 is 0.432 bits per heavy atom. The summed E-state index contributed by atoms with van der Waals surface area (Å²) < 4.78 is 10.8. The summed E-state index contributed by atoms with van der Waals surface area (Å²) in [6.07, 6.45) is 34.5. The SMILES string of the molecule is CCCCCCCCCCCCCCCC(=O)OCCN(CCO)CCOC(=O)CCCCCCCCCCCCCCC. The van der Waals surface area contributed by atoms with Gasteiger partial charge in [0.1, 0.15) is 13.2 Å². The minimum Gasteiger partial charge on any atom is -0.464 e. The van der Waals surface area contributed by atoms with E-state index in [1.165, 1.54) is 141 Å². The Labute approximate surface area is 273 Å². The number of rotatable bonds is 36. The first kappa shape index (κ1) is 42.9. The fourth-order valence-electron chi connectivity index (χ4n) is 5.77. The van der Waals surface area contributed by atoms with Gasteiger partial charge in [0.05, 0.1) is 6.61 Å². The summed E-state index contributed by atoms with van der Waals surface area (Å²) in [6.45, 7) is 6.74. The number of carbonyl (C=O) groups is 2. The number of carbonyl (C=O) groups excluding carboxylic acids is 2. The van der Waals surface area contributed by atoms with Crippen molar-refractivity contribution in [1.29, 1.82) is 0 Å². The Morgan fingerprint density at radius 3 is 0.977 bits per heavy atom. The van der Waals surface area contributed by atoms with Gasteiger partial charge in [-0.3, -0.25) is 14.5 Å². The average Bonchev–Trinajstić information content (AvgIpc) is 3.01. The van der Waals surface area contributed by atoms with Gasteiger partial charge >= 0.3 is 11.9 Å². The highest BCUT2D eigenvalue weighted by Crippen LogP contribution is 2.14. The number of aliphatic hydroxyl groups excluding tert-OH is 1. The molecule has 0 aliphatic rings. The molecule has 6 heteroatoms. The van der Waals surface area contributed by atoms with Gasteiger partial charge in [-0.2, -0.15) is 0 Å². The molecule has 0 saturated carbocycles. The van der Waals surface area contributed by atoms with Crippen molar-refractivity contribution in [1.82, 2.24) is 4.90 Å². The second-order valence-electron chi connectivity index (χ2n) is 13.0. The zero-order valence-electron chi connectivity index (χ0n) is 29.6. The Bertz CT molecular complexity index is 552. The topological polar surface area (TPSA) is 76.1 Å². The Kier molecular flexibility index (Phi) is 35.4. The molecule has 0 aliphatic carbocycles. The van der Waals surface area contributed by atoms with E-state index < -0.39 is 0 Å². The van der Waals surface area contributed by atoms with E-state index in [1.54, 1.807) is 0 Å². The van der Waals surface area contributed by atoms with E-state index in [0.29, 0.717) is 45.7 Å². The van der Waals surface area contributed by atoms with Crippen LogP contribution in [-0.4, -0.2) is 61.4 Å². The van der Waals surface area contributed by atoms with E-state index in [4.69, 9.17) is 9.47 Å². The maximum Gasteiger partial charge on any atom is 0.305 e. The summed E-state index contributed by atoms with van der Waals surface area (Å²) in [7, 11) is 0. The van der Waals surface area contributed by atoms with Crippen LogP contribution in [-0.2, 0) is 19.1 Å². The van der Waals surface area contributed by atoms with Crippen LogP contribution in [0.1, 0.15) is 194 Å². The predicted octanol–water partition coefficient (Wildman–Crippen LogP) is 10.3. The molecule has 0 atom stereocenters. The summed E-state index contributed by atoms with van der Waals surface area (Å²) >= 11 is 0. The normalized spacial score (nSPS) is 11.4. The van der Waals surface area contributed by atoms with Gasteiger partial charge in [0.2, 0.25) is 0 Å². The quantitative estimate of drug-likeness (QED) is 0.0551. The molecule has 6 nitrogen and oxygen atoms in total. The molecule has 0 aromatic carbocycles. The van der Waals surface area contributed by atoms with Gasteiger partial charge in [0.25, 0.3) is 0 Å². The van der Waals surface area contributed by atoms with Gasteiger partial charge in [-0.15, -0.1) is 0 Å². The summed E-state index contributed by atoms with van der Waals surface area (Å²) in [5.74, 6) is -0.275. The Morgan fingerprint density at radius 2 is 0.705 bits per heavy atom. The zero-order valence-corrected chi connectivity index (χ0v) is 29.6. The molecule has 0 amide bonds. The molecule has 0 aromatic heterocycles. The number of hydrogen-bond acceptors (Lipinski definition) is 6. The average molecular weight is 626 g/mol. The molecule has 0 heterocycles. The number of ether oxygens (including phenoxy) is 2. The molecular formula is C38H75NO5. The summed E-state index contributed by atoms with van der Waals surface area (Å²) in [6, 6.07) is 0. The molecular weight excluding hydrogens is 550 g/mol. The minimum atomic E-state index is -0.138. The highest BCUT2D eigenvalue weighted by molar-refractivity contribution is 5.69. The molecule has 0 spiro atoms. The minimum absolute atomic E-state index is 0.0276. The van der Waals surface area contributed by atoms with Crippen LogP contribution in [0.3, 0.4) is 0 Å². The lowest BCUT2D eigenvalue weighted by molar-refractivity contribution is -0.144. The maximum atomic E-state index is 12.1. The first-order chi connectivity index (χ1) is 21.6. The Balaban J connectivity index is 3.59. The third-order valence-corrected chi connectivity index (χ3v) is 8.73. The third kappa shape index (κ3) is 33.7. The van der Waals surface area contributed by atoms with Crippen molar-refractivity contribution in [2.45, 2.75) is 194 Å². The second-order valence-corrected chi connectivity index (χ2v) is 13.0. The first-order valence-corrected chi connectivity index (χ1v) is 19.3. The first-order valence-electron chi connectivity index (χ1n) is 19.3. The number of hydrogen-bond donors (Lipinski definition) is 1. The van der Waals surface area contributed by atoms with Crippen LogP contribution in [0.2, 0.25) is 0 Å². The van der Waals surface area contributed by atoms with Crippen molar-refractivity contribution in [3.05, 3.63) is 0 Å². The van der Waals surface area contributed by atoms with E-state index in [2.05, 4.69) is 13.8 Å². The van der Waals surface area contributed by atoms with Crippen LogP contribution in [0, 0.1) is 0 Å². The van der Waals surface area contributed by atoms with E-state index in [1.807, 2.05) is 4.90 Å². The van der Waals surface area contributed by atoms with Crippen molar-refractivity contribution >= 4 is 11.9 Å². The smallest absolute Gasteiger partial charge is 0.305 e. The molecule has 0 bridgehead atoms. The van der Waals surface area contributed by atoms with Crippen LogP contribution in [0.4, 0.5) is 0 Å². The summed E-state index contributed by atoms with van der Waals surface area (Å²) in [4.78, 5) is 26.2. The molecule has 262 valence electrons. The molecule has 0 rings (SSSR count). The molecule has 44 heavy (non-hydrogen) atoms. The van der Waals surface area contributed by atoms with Crippen molar-refractivity contribution in [2.24, 2.45) is 0 Å². The van der Waals surface area contributed by atoms with Crippen molar-refractivity contribution in [2.75, 3.05) is 39.5 Å². The molecule has 0 unspecified atom stereocenters. The zero-order chi connectivity index (χ0) is 32.2. The molecule has 0 aromatic rings. The molecule has 0 aliphatic heterocycles. The number of unbranched alkanes of at least 4 members (excludes halogenated alkanes) is 24. The van der Waals surface area contributed by atoms with Crippen LogP contribution in [0.15, 0.2) is 0 Å². The highest BCUT2D eigenvalue weighted by Gasteiger charge is 2.09. The molecule has 0 fully saturated rings. The fourth-order valence-corrected chi connectivity index (χ4v) is 5.77. The largest absolute Gasteiger partial charge is 0.464 e. The van der Waals surface area contributed by atoms with Crippen LogP contribution >= 0.6 is 0 Å². The summed E-state index contributed by atoms with van der Waals surface area (Å²) in [5, 5.41) is 9.37. The van der Waals surface area contributed by atoms with Gasteiger partial charge in [-0.05, 0) is 12.8 Å². The Hall–Kier alpha value is -1.14. The third-order valence-electron chi connectivity index (χ3n) is 8.73. The molecule has 1 N–H and O–H groups in total. The van der Waals surface area contributed by atoms with Gasteiger partial charge < -0.3 is 14.6 Å². The van der Waals surface area contributed by atoms with Crippen molar-refractivity contribution in [3.63, 3.8) is 0 Å². The second kappa shape index (κ2) is 36.3. The van der Waals surface area contributed by atoms with Gasteiger partial charge in [-0.25, -0.2) is 0 Å². The number of nitrogens with zero attached hydrogens (tertiary/aromatic N) is 1. The van der Waals surface area contributed by atoms with E-state index >= 15 is 0 Å². The van der Waals surface area contributed by atoms with Crippen molar-refractivity contribution < 1.29 is 24.2 Å². The van der Waals surface area contributed by atoms with Crippen molar-refractivity contribution in [3.8, 4) is 0 Å². The monoisotopic (exact) mass is 626 g/mol. The molecule has 0 radical (unpaired) electrons. The van der Waals surface area contributed by atoms with Gasteiger partial charge in [0.15, 0.2) is 0 Å². The van der Waals surface area contributed by atoms with Crippen LogP contribution < -0.4 is 0 Å². The predicted molar refractivity (Wildman–Crippen MR) is 186 cm³/mol. The number of aliphatic hydroxyl groups is 1. The van der Waals surface area contributed by atoms with E-state index in [-0.39, 0.29) is 18.5 Å². The highest BCUT2D eigenvalue weighted by atomic mass is 16.5. The van der Waals surface area contributed by atoms with Gasteiger partial charge in [-0.1, -0.05) is 168 Å². The van der Waals surface area contributed by atoms with Gasteiger partial charge in [0, 0.05) is 32.5 Å². The van der Waals surface area contributed by atoms with Crippen LogP contribution in [0.25, 0.3) is 0 Å². The lowest BCUT2D eigenvalue weighted by atomic mass is 10.0. The maximum absolute atomic E-state index is 12.1. The fraction of sp³-hybridized carbons (Fsp3) is 0.947. The summed E-state index contributed by atoms with van der Waals surface area (Å²) in [5.41, 5.74) is 0. The molecule has 0 saturated heterocycles.